The van der Waals surface area contributed by atoms with Crippen molar-refractivity contribution < 1.29 is 27.8 Å². The Morgan fingerprint density at radius 1 is 1.18 bits per heavy atom. The van der Waals surface area contributed by atoms with Crippen molar-refractivity contribution in [2.24, 2.45) is 0 Å². The summed E-state index contributed by atoms with van der Waals surface area (Å²) in [4.78, 5) is 19.4. The topological polar surface area (TPSA) is 131 Å². The Hall–Kier alpha value is -2.92. The summed E-state index contributed by atoms with van der Waals surface area (Å²) >= 11 is 0. The van der Waals surface area contributed by atoms with Gasteiger partial charge in [-0.1, -0.05) is 6.08 Å². The third kappa shape index (κ3) is 3.99. The average Bonchev–Trinajstić information content (AvgIpc) is 2.92. The number of hydrogen-bond acceptors (Lipinski definition) is 7. The molecule has 150 valence electrons. The highest BCUT2D eigenvalue weighted by atomic mass is 32.2. The van der Waals surface area contributed by atoms with Crippen LogP contribution in [0.5, 0.6) is 11.5 Å². The van der Waals surface area contributed by atoms with Crippen LogP contribution in [0.2, 0.25) is 0 Å². The van der Waals surface area contributed by atoms with E-state index in [-0.39, 0.29) is 13.1 Å². The van der Waals surface area contributed by atoms with Gasteiger partial charge >= 0.3 is 16.3 Å². The molecule has 1 aliphatic heterocycles. The van der Waals surface area contributed by atoms with Gasteiger partial charge in [-0.15, -0.1) is 0 Å². The van der Waals surface area contributed by atoms with Crippen molar-refractivity contribution in [3.63, 3.8) is 0 Å². The van der Waals surface area contributed by atoms with Crippen LogP contribution in [0.3, 0.4) is 0 Å². The summed E-state index contributed by atoms with van der Waals surface area (Å²) in [6.07, 6.45) is 2.54. The molecule has 0 unspecified atom stereocenters. The number of fused-ring (bicyclic) bond motifs is 1. The first-order chi connectivity index (χ1) is 13.4. The summed E-state index contributed by atoms with van der Waals surface area (Å²) in [5, 5.41) is 9.48. The number of nitrogens with zero attached hydrogens (tertiary/aromatic N) is 3. The number of carboxylic acid groups (broad SMARTS) is 1. The lowest BCUT2D eigenvalue weighted by Crippen LogP contribution is -2.43. The smallest absolute Gasteiger partial charge is 0.419 e. The number of hydrogen-bond donors (Lipinski definition) is 2. The molecule has 2 N–H and O–H groups in total. The Kier molecular flexibility index (Phi) is 5.66. The average molecular weight is 408 g/mol. The Labute approximate surface area is 162 Å². The van der Waals surface area contributed by atoms with Gasteiger partial charge in [0, 0.05) is 24.5 Å². The fourth-order valence-electron chi connectivity index (χ4n) is 3.11. The highest BCUT2D eigenvalue weighted by Crippen LogP contribution is 2.35. The molecule has 0 saturated heterocycles. The van der Waals surface area contributed by atoms with Crippen molar-refractivity contribution in [3.05, 3.63) is 30.2 Å². The number of aromatic nitrogens is 2. The minimum atomic E-state index is -4.09. The molecule has 1 aliphatic rings. The van der Waals surface area contributed by atoms with E-state index in [0.29, 0.717) is 35.6 Å². The Balaban J connectivity index is 1.93. The number of amides is 1. The van der Waals surface area contributed by atoms with E-state index in [1.165, 1.54) is 13.4 Å². The van der Waals surface area contributed by atoms with Crippen LogP contribution in [0.1, 0.15) is 18.5 Å². The normalized spacial score (nSPS) is 15.6. The van der Waals surface area contributed by atoms with Gasteiger partial charge in [0.15, 0.2) is 11.5 Å². The quantitative estimate of drug-likeness (QED) is 0.763. The minimum absolute atomic E-state index is 0.132. The lowest BCUT2D eigenvalue weighted by molar-refractivity contribution is 0.200. The van der Waals surface area contributed by atoms with Gasteiger partial charge in [-0.25, -0.2) is 19.5 Å². The van der Waals surface area contributed by atoms with Crippen molar-refractivity contribution in [1.29, 1.82) is 0 Å². The molecule has 10 nitrogen and oxygen atoms in total. The maximum absolute atomic E-state index is 12.1. The summed E-state index contributed by atoms with van der Waals surface area (Å²) < 4.78 is 37.6. The predicted octanol–water partition coefficient (Wildman–Crippen LogP) is 1.64. The number of carbonyl (C=O) groups is 1. The van der Waals surface area contributed by atoms with Crippen LogP contribution in [0.25, 0.3) is 16.5 Å². The fraction of sp³-hybridized carbons (Fsp3) is 0.353. The molecule has 0 spiro atoms. The number of rotatable bonds is 5. The van der Waals surface area contributed by atoms with Crippen molar-refractivity contribution >= 4 is 32.8 Å². The zero-order valence-corrected chi connectivity index (χ0v) is 16.2. The zero-order valence-electron chi connectivity index (χ0n) is 15.4. The molecule has 1 aromatic carbocycles. The van der Waals surface area contributed by atoms with E-state index in [9.17, 15) is 13.2 Å². The van der Waals surface area contributed by atoms with Gasteiger partial charge in [0.1, 0.15) is 6.33 Å². The molecule has 0 fully saturated rings. The first-order valence-electron chi connectivity index (χ1n) is 8.42. The third-order valence-corrected chi connectivity index (χ3v) is 5.88. The van der Waals surface area contributed by atoms with E-state index in [0.717, 1.165) is 15.3 Å². The van der Waals surface area contributed by atoms with Gasteiger partial charge in [-0.05, 0) is 24.5 Å². The highest BCUT2D eigenvalue weighted by molar-refractivity contribution is 7.87. The second-order valence-electron chi connectivity index (χ2n) is 6.03. The van der Waals surface area contributed by atoms with E-state index < -0.39 is 16.3 Å². The van der Waals surface area contributed by atoms with E-state index in [4.69, 9.17) is 14.6 Å². The van der Waals surface area contributed by atoms with Crippen molar-refractivity contribution in [1.82, 2.24) is 19.0 Å². The Bertz CT molecular complexity index is 1040. The van der Waals surface area contributed by atoms with E-state index >= 15 is 0 Å². The molecule has 0 bridgehead atoms. The van der Waals surface area contributed by atoms with Gasteiger partial charge in [-0.2, -0.15) is 12.7 Å². The van der Waals surface area contributed by atoms with Crippen LogP contribution < -0.4 is 14.2 Å². The van der Waals surface area contributed by atoms with Crippen LogP contribution in [0.15, 0.2) is 24.5 Å². The van der Waals surface area contributed by atoms with E-state index in [2.05, 4.69) is 9.97 Å². The van der Waals surface area contributed by atoms with Crippen LogP contribution in [-0.2, 0) is 10.2 Å². The van der Waals surface area contributed by atoms with Gasteiger partial charge in [-0.3, -0.25) is 0 Å². The van der Waals surface area contributed by atoms with E-state index in [1.807, 2.05) is 6.08 Å². The standard InChI is InChI=1S/C17H20N4O6S/c1-26-14-8-12-13(9-15(14)27-2)18-10-19-16(12)11-4-3-6-21(7-5-11)28(24,25)20-17(22)23/h4,8-10,20H,3,5-7H2,1-2H3,(H,22,23). The molecule has 28 heavy (non-hydrogen) atoms. The second kappa shape index (κ2) is 7.98. The van der Waals surface area contributed by atoms with Gasteiger partial charge < -0.3 is 14.6 Å². The number of methoxy groups -OCH3 is 2. The van der Waals surface area contributed by atoms with Gasteiger partial charge in [0.2, 0.25) is 0 Å². The maximum Gasteiger partial charge on any atom is 0.419 e. The van der Waals surface area contributed by atoms with E-state index in [1.54, 1.807) is 24.0 Å². The third-order valence-electron chi connectivity index (χ3n) is 4.40. The molecule has 0 radical (unpaired) electrons. The lowest BCUT2D eigenvalue weighted by atomic mass is 10.0. The molecule has 11 heteroatoms. The first-order valence-corrected chi connectivity index (χ1v) is 9.86. The van der Waals surface area contributed by atoms with Crippen LogP contribution in [-0.4, -0.2) is 61.2 Å². The molecule has 0 saturated carbocycles. The van der Waals surface area contributed by atoms with Crippen LogP contribution >= 0.6 is 0 Å². The fourth-order valence-corrected chi connectivity index (χ4v) is 4.14. The molecular formula is C17H20N4O6S. The van der Waals surface area contributed by atoms with Gasteiger partial charge in [0.25, 0.3) is 0 Å². The monoisotopic (exact) mass is 408 g/mol. The number of nitrogens with one attached hydrogen (secondary N) is 1. The predicted molar refractivity (Wildman–Crippen MR) is 102 cm³/mol. The summed E-state index contributed by atoms with van der Waals surface area (Å²) in [6, 6.07) is 3.54. The molecule has 1 aromatic heterocycles. The molecular weight excluding hydrogens is 388 g/mol. The zero-order chi connectivity index (χ0) is 20.3. The maximum atomic E-state index is 12.1. The summed E-state index contributed by atoms with van der Waals surface area (Å²) in [5.74, 6) is 1.08. The van der Waals surface area contributed by atoms with Crippen molar-refractivity contribution in [3.8, 4) is 11.5 Å². The van der Waals surface area contributed by atoms with Crippen LogP contribution in [0, 0.1) is 0 Å². The summed E-state index contributed by atoms with van der Waals surface area (Å²) in [5.41, 5.74) is 2.20. The van der Waals surface area contributed by atoms with Crippen LogP contribution in [0.4, 0.5) is 4.79 Å². The molecule has 0 aliphatic carbocycles. The van der Waals surface area contributed by atoms with Crippen molar-refractivity contribution in [2.75, 3.05) is 27.3 Å². The molecule has 2 heterocycles. The Morgan fingerprint density at radius 2 is 1.89 bits per heavy atom. The second-order valence-corrected chi connectivity index (χ2v) is 7.70. The Morgan fingerprint density at radius 3 is 2.57 bits per heavy atom. The molecule has 3 rings (SSSR count). The number of ether oxygens (including phenoxy) is 2. The summed E-state index contributed by atoms with van der Waals surface area (Å²) in [6.45, 7) is 0.305. The number of benzene rings is 1. The first kappa shape index (κ1) is 19.8. The molecule has 2 aromatic rings. The lowest BCUT2D eigenvalue weighted by Gasteiger charge is -2.19. The van der Waals surface area contributed by atoms with Crippen molar-refractivity contribution in [2.45, 2.75) is 12.8 Å². The summed E-state index contributed by atoms with van der Waals surface area (Å²) in [7, 11) is -1.01. The molecule has 1 amide bonds. The molecule has 0 atom stereocenters. The SMILES string of the molecule is COc1cc2ncnc(C3=CCCN(S(=O)(=O)NC(=O)O)CC3)c2cc1OC. The highest BCUT2D eigenvalue weighted by Gasteiger charge is 2.26. The minimum Gasteiger partial charge on any atom is -0.493 e. The van der Waals surface area contributed by atoms with Gasteiger partial charge in [0.05, 0.1) is 25.4 Å². The largest absolute Gasteiger partial charge is 0.493 e.